The molecule has 1 aromatic carbocycles. The lowest BCUT2D eigenvalue weighted by Gasteiger charge is -2.39. The largest absolute Gasteiger partial charge is 0.492 e. The van der Waals surface area contributed by atoms with Gasteiger partial charge >= 0.3 is 0 Å². The first-order chi connectivity index (χ1) is 8.83. The first-order valence-corrected chi connectivity index (χ1v) is 6.75. The molecule has 1 aliphatic carbocycles. The number of rotatable bonds is 4. The summed E-state index contributed by atoms with van der Waals surface area (Å²) in [5.41, 5.74) is 2.64. The zero-order chi connectivity index (χ0) is 12.4. The van der Waals surface area contributed by atoms with Gasteiger partial charge in [-0.1, -0.05) is 12.1 Å². The Morgan fingerprint density at radius 2 is 2.06 bits per heavy atom. The number of hydrogen-bond donors (Lipinski definition) is 1. The second-order valence-electron chi connectivity index (χ2n) is 5.54. The van der Waals surface area contributed by atoms with Crippen LogP contribution in [0.4, 0.5) is 0 Å². The number of aliphatic hydroxyl groups is 1. The summed E-state index contributed by atoms with van der Waals surface area (Å²) in [6, 6.07) is 6.33. The molecule has 3 heteroatoms. The van der Waals surface area contributed by atoms with Crippen LogP contribution in [-0.4, -0.2) is 31.5 Å². The van der Waals surface area contributed by atoms with Crippen molar-refractivity contribution in [3.63, 3.8) is 0 Å². The summed E-state index contributed by atoms with van der Waals surface area (Å²) in [7, 11) is 0. The zero-order valence-electron chi connectivity index (χ0n) is 10.7. The molecule has 0 atom stereocenters. The summed E-state index contributed by atoms with van der Waals surface area (Å²) in [5, 5.41) is 9.39. The first-order valence-electron chi connectivity index (χ1n) is 6.75. The summed E-state index contributed by atoms with van der Waals surface area (Å²) in [6.07, 6.45) is 4.82. The molecule has 1 heterocycles. The van der Waals surface area contributed by atoms with Crippen LogP contribution >= 0.6 is 0 Å². The number of aliphatic hydroxyl groups excluding tert-OH is 1. The van der Waals surface area contributed by atoms with Gasteiger partial charge in [-0.05, 0) is 42.9 Å². The number of ether oxygens (including phenoxy) is 2. The van der Waals surface area contributed by atoms with E-state index in [1.807, 2.05) is 0 Å². The molecular formula is C15H20O3. The summed E-state index contributed by atoms with van der Waals surface area (Å²) >= 11 is 0. The van der Waals surface area contributed by atoms with Crippen molar-refractivity contribution in [3.05, 3.63) is 29.3 Å². The van der Waals surface area contributed by atoms with Gasteiger partial charge < -0.3 is 14.6 Å². The monoisotopic (exact) mass is 248 g/mol. The Kier molecular flexibility index (Phi) is 3.27. The van der Waals surface area contributed by atoms with Gasteiger partial charge in [0.05, 0.1) is 25.2 Å². The van der Waals surface area contributed by atoms with Gasteiger partial charge in [0.15, 0.2) is 0 Å². The van der Waals surface area contributed by atoms with E-state index < -0.39 is 0 Å². The molecule has 0 unspecified atom stereocenters. The van der Waals surface area contributed by atoms with E-state index in [9.17, 15) is 5.11 Å². The van der Waals surface area contributed by atoms with Crippen molar-refractivity contribution in [1.82, 2.24) is 0 Å². The van der Waals surface area contributed by atoms with Crippen molar-refractivity contribution in [2.45, 2.75) is 25.7 Å². The fourth-order valence-corrected chi connectivity index (χ4v) is 2.72. The van der Waals surface area contributed by atoms with Crippen LogP contribution in [0, 0.1) is 5.41 Å². The van der Waals surface area contributed by atoms with Gasteiger partial charge in [-0.25, -0.2) is 0 Å². The lowest BCUT2D eigenvalue weighted by molar-refractivity contribution is -0.153. The molecule has 0 bridgehead atoms. The van der Waals surface area contributed by atoms with E-state index in [0.29, 0.717) is 19.8 Å². The van der Waals surface area contributed by atoms with Crippen molar-refractivity contribution in [1.29, 1.82) is 0 Å². The van der Waals surface area contributed by atoms with Crippen LogP contribution in [-0.2, 0) is 17.6 Å². The molecule has 0 aromatic heterocycles. The molecule has 0 spiro atoms. The van der Waals surface area contributed by atoms with E-state index in [1.54, 1.807) is 0 Å². The van der Waals surface area contributed by atoms with Gasteiger partial charge in [-0.3, -0.25) is 0 Å². The highest BCUT2D eigenvalue weighted by Crippen LogP contribution is 2.32. The maximum atomic E-state index is 9.39. The van der Waals surface area contributed by atoms with E-state index >= 15 is 0 Å². The topological polar surface area (TPSA) is 38.7 Å². The van der Waals surface area contributed by atoms with Crippen LogP contribution in [0.3, 0.4) is 0 Å². The molecule has 1 aliphatic heterocycles. The molecule has 0 amide bonds. The third-order valence-electron chi connectivity index (χ3n) is 4.04. The molecule has 1 fully saturated rings. The van der Waals surface area contributed by atoms with Crippen LogP contribution < -0.4 is 4.74 Å². The third kappa shape index (κ3) is 2.13. The Labute approximate surface area is 108 Å². The maximum absolute atomic E-state index is 9.39. The van der Waals surface area contributed by atoms with E-state index in [1.165, 1.54) is 30.4 Å². The lowest BCUT2D eigenvalue weighted by atomic mass is 9.88. The van der Waals surface area contributed by atoms with Crippen LogP contribution in [0.25, 0.3) is 0 Å². The Bertz CT molecular complexity index is 418. The minimum Gasteiger partial charge on any atom is -0.492 e. The van der Waals surface area contributed by atoms with Crippen LogP contribution in [0.2, 0.25) is 0 Å². The molecule has 0 saturated carbocycles. The molecule has 3 nitrogen and oxygen atoms in total. The Morgan fingerprint density at radius 1 is 1.22 bits per heavy atom. The SMILES string of the molecule is OCC1(COc2cccc3c2CCCC3)COC1. The van der Waals surface area contributed by atoms with Crippen LogP contribution in [0.5, 0.6) is 5.75 Å². The molecule has 1 aromatic rings. The predicted molar refractivity (Wildman–Crippen MR) is 68.9 cm³/mol. The summed E-state index contributed by atoms with van der Waals surface area (Å²) in [5.74, 6) is 1.01. The van der Waals surface area contributed by atoms with Crippen molar-refractivity contribution in [2.24, 2.45) is 5.41 Å². The molecular weight excluding hydrogens is 228 g/mol. The zero-order valence-corrected chi connectivity index (χ0v) is 10.7. The highest BCUT2D eigenvalue weighted by molar-refractivity contribution is 5.41. The second kappa shape index (κ2) is 4.90. The minimum absolute atomic E-state index is 0.141. The van der Waals surface area contributed by atoms with Crippen molar-refractivity contribution < 1.29 is 14.6 Å². The fourth-order valence-electron chi connectivity index (χ4n) is 2.72. The van der Waals surface area contributed by atoms with E-state index in [-0.39, 0.29) is 12.0 Å². The number of hydrogen-bond acceptors (Lipinski definition) is 3. The van der Waals surface area contributed by atoms with Crippen molar-refractivity contribution in [2.75, 3.05) is 26.4 Å². The first kappa shape index (κ1) is 12.0. The smallest absolute Gasteiger partial charge is 0.122 e. The summed E-state index contributed by atoms with van der Waals surface area (Å²) in [6.45, 7) is 1.92. The van der Waals surface area contributed by atoms with E-state index in [2.05, 4.69) is 18.2 Å². The standard InChI is InChI=1S/C15H20O3/c16-8-15(9-17-10-15)11-18-14-7-3-5-12-4-1-2-6-13(12)14/h3,5,7,16H,1-2,4,6,8-11H2. The number of aryl methyl sites for hydroxylation is 1. The van der Waals surface area contributed by atoms with E-state index in [0.717, 1.165) is 12.2 Å². The average Bonchev–Trinajstić information content (AvgIpc) is 2.38. The summed E-state index contributed by atoms with van der Waals surface area (Å²) in [4.78, 5) is 0. The highest BCUT2D eigenvalue weighted by Gasteiger charge is 2.39. The second-order valence-corrected chi connectivity index (χ2v) is 5.54. The molecule has 1 N–H and O–H groups in total. The van der Waals surface area contributed by atoms with Crippen LogP contribution in [0.1, 0.15) is 24.0 Å². The Balaban J connectivity index is 1.72. The number of benzene rings is 1. The van der Waals surface area contributed by atoms with Crippen molar-refractivity contribution >= 4 is 0 Å². The predicted octanol–water partition coefficient (Wildman–Crippen LogP) is 1.95. The molecule has 2 aliphatic rings. The van der Waals surface area contributed by atoms with Gasteiger partial charge in [0.2, 0.25) is 0 Å². The van der Waals surface area contributed by atoms with Gasteiger partial charge in [-0.2, -0.15) is 0 Å². The van der Waals surface area contributed by atoms with Gasteiger partial charge in [-0.15, -0.1) is 0 Å². The van der Waals surface area contributed by atoms with Gasteiger partial charge in [0, 0.05) is 0 Å². The van der Waals surface area contributed by atoms with Gasteiger partial charge in [0.25, 0.3) is 0 Å². The molecule has 1 saturated heterocycles. The quantitative estimate of drug-likeness (QED) is 0.885. The lowest BCUT2D eigenvalue weighted by Crippen LogP contribution is -2.50. The molecule has 3 rings (SSSR count). The maximum Gasteiger partial charge on any atom is 0.122 e. The molecule has 18 heavy (non-hydrogen) atoms. The normalized spacial score (nSPS) is 20.9. The Morgan fingerprint density at radius 3 is 2.78 bits per heavy atom. The fraction of sp³-hybridized carbons (Fsp3) is 0.600. The Hall–Kier alpha value is -1.06. The molecule has 98 valence electrons. The highest BCUT2D eigenvalue weighted by atomic mass is 16.5. The third-order valence-corrected chi connectivity index (χ3v) is 4.04. The number of fused-ring (bicyclic) bond motifs is 1. The minimum atomic E-state index is -0.169. The van der Waals surface area contributed by atoms with E-state index in [4.69, 9.17) is 9.47 Å². The van der Waals surface area contributed by atoms with Crippen LogP contribution in [0.15, 0.2) is 18.2 Å². The average molecular weight is 248 g/mol. The molecule has 0 radical (unpaired) electrons. The van der Waals surface area contributed by atoms with Gasteiger partial charge in [0.1, 0.15) is 12.4 Å². The summed E-state index contributed by atoms with van der Waals surface area (Å²) < 4.78 is 11.2. The van der Waals surface area contributed by atoms with Crippen molar-refractivity contribution in [3.8, 4) is 5.75 Å².